The molecule has 1 aromatic carbocycles. The number of ether oxygens (including phenoxy) is 1. The van der Waals surface area contributed by atoms with Gasteiger partial charge in [-0.15, -0.1) is 24.8 Å². The van der Waals surface area contributed by atoms with Crippen molar-refractivity contribution in [3.63, 3.8) is 0 Å². The third-order valence-electron chi connectivity index (χ3n) is 2.34. The fourth-order valence-electron chi connectivity index (χ4n) is 1.50. The van der Waals surface area contributed by atoms with E-state index in [-0.39, 0.29) is 24.8 Å². The largest absolute Gasteiger partial charge is 0.496 e. The van der Waals surface area contributed by atoms with Crippen LogP contribution < -0.4 is 15.4 Å². The predicted molar refractivity (Wildman–Crippen MR) is 82.8 cm³/mol. The maximum atomic E-state index is 5.94. The summed E-state index contributed by atoms with van der Waals surface area (Å²) in [6.07, 6.45) is 1.11. The van der Waals surface area contributed by atoms with Crippen molar-refractivity contribution in [2.45, 2.75) is 13.0 Å². The number of hydrogen-bond acceptors (Lipinski definition) is 3. The van der Waals surface area contributed by atoms with E-state index in [1.807, 2.05) is 25.2 Å². The molecule has 1 aromatic rings. The summed E-state index contributed by atoms with van der Waals surface area (Å²) in [5.41, 5.74) is 1.10. The number of methoxy groups -OCH3 is 1. The summed E-state index contributed by atoms with van der Waals surface area (Å²) in [4.78, 5) is 0. The molecule has 0 radical (unpaired) electrons. The Bertz CT molecular complexity index is 324. The van der Waals surface area contributed by atoms with Crippen molar-refractivity contribution < 1.29 is 4.74 Å². The average molecular weight is 316 g/mol. The summed E-state index contributed by atoms with van der Waals surface area (Å²) in [5, 5.41) is 7.22. The van der Waals surface area contributed by atoms with Crippen LogP contribution >= 0.6 is 36.4 Å². The van der Waals surface area contributed by atoms with Gasteiger partial charge in [0.1, 0.15) is 5.75 Å². The van der Waals surface area contributed by atoms with Crippen LogP contribution in [0, 0.1) is 0 Å². The topological polar surface area (TPSA) is 33.3 Å². The summed E-state index contributed by atoms with van der Waals surface area (Å²) in [5.74, 6) is 0.880. The van der Waals surface area contributed by atoms with E-state index in [9.17, 15) is 0 Å². The minimum absolute atomic E-state index is 0. The van der Waals surface area contributed by atoms with Crippen LogP contribution in [0.5, 0.6) is 5.75 Å². The van der Waals surface area contributed by atoms with Gasteiger partial charge in [0.15, 0.2) is 0 Å². The van der Waals surface area contributed by atoms with Gasteiger partial charge in [-0.25, -0.2) is 0 Å². The fraction of sp³-hybridized carbons (Fsp3) is 0.500. The first-order valence-corrected chi connectivity index (χ1v) is 5.83. The number of nitrogens with one attached hydrogen (secondary N) is 2. The lowest BCUT2D eigenvalue weighted by atomic mass is 10.2. The highest BCUT2D eigenvalue weighted by Gasteiger charge is 2.02. The van der Waals surface area contributed by atoms with Crippen LogP contribution in [-0.2, 0) is 6.54 Å². The van der Waals surface area contributed by atoms with Gasteiger partial charge >= 0.3 is 0 Å². The highest BCUT2D eigenvalue weighted by molar-refractivity contribution is 6.30. The second-order valence-corrected chi connectivity index (χ2v) is 4.03. The molecular formula is C12H21Cl3N2O. The molecule has 2 N–H and O–H groups in total. The Morgan fingerprint density at radius 3 is 2.56 bits per heavy atom. The van der Waals surface area contributed by atoms with Gasteiger partial charge < -0.3 is 15.4 Å². The number of halogens is 3. The molecule has 0 aliphatic heterocycles. The predicted octanol–water partition coefficient (Wildman–Crippen LogP) is 2.89. The molecule has 0 saturated heterocycles. The van der Waals surface area contributed by atoms with Gasteiger partial charge in [-0.05, 0) is 44.8 Å². The molecular weight excluding hydrogens is 295 g/mol. The summed E-state index contributed by atoms with van der Waals surface area (Å²) < 4.78 is 5.27. The average Bonchev–Trinajstić information content (AvgIpc) is 2.29. The van der Waals surface area contributed by atoms with E-state index in [1.165, 1.54) is 0 Å². The molecule has 0 aromatic heterocycles. The van der Waals surface area contributed by atoms with Gasteiger partial charge in [0.2, 0.25) is 0 Å². The third kappa shape index (κ3) is 7.29. The lowest BCUT2D eigenvalue weighted by Crippen LogP contribution is -2.19. The summed E-state index contributed by atoms with van der Waals surface area (Å²) in [7, 11) is 3.63. The van der Waals surface area contributed by atoms with Crippen LogP contribution in [0.3, 0.4) is 0 Å². The minimum Gasteiger partial charge on any atom is -0.496 e. The molecule has 0 bridgehead atoms. The zero-order valence-electron chi connectivity index (χ0n) is 10.7. The molecule has 6 heteroatoms. The van der Waals surface area contributed by atoms with Crippen molar-refractivity contribution in [3.8, 4) is 5.75 Å². The third-order valence-corrected chi connectivity index (χ3v) is 2.57. The highest BCUT2D eigenvalue weighted by atomic mass is 35.5. The summed E-state index contributed by atoms with van der Waals surface area (Å²) in [6, 6.07) is 5.67. The molecule has 0 fully saturated rings. The number of rotatable bonds is 7. The van der Waals surface area contributed by atoms with Crippen molar-refractivity contribution in [3.05, 3.63) is 28.8 Å². The van der Waals surface area contributed by atoms with Crippen molar-refractivity contribution in [2.75, 3.05) is 27.2 Å². The summed E-state index contributed by atoms with van der Waals surface area (Å²) >= 11 is 5.94. The van der Waals surface area contributed by atoms with Crippen molar-refractivity contribution >= 4 is 36.4 Å². The molecule has 0 heterocycles. The van der Waals surface area contributed by atoms with Gasteiger partial charge in [-0.1, -0.05) is 11.6 Å². The molecule has 18 heavy (non-hydrogen) atoms. The Hall–Kier alpha value is -0.190. The van der Waals surface area contributed by atoms with E-state index in [1.54, 1.807) is 7.11 Å². The molecule has 1 rings (SSSR count). The van der Waals surface area contributed by atoms with E-state index in [4.69, 9.17) is 16.3 Å². The van der Waals surface area contributed by atoms with Gasteiger partial charge in [0.05, 0.1) is 7.11 Å². The van der Waals surface area contributed by atoms with Crippen molar-refractivity contribution in [2.24, 2.45) is 0 Å². The molecule has 0 atom stereocenters. The van der Waals surface area contributed by atoms with Gasteiger partial charge in [-0.3, -0.25) is 0 Å². The van der Waals surface area contributed by atoms with Crippen molar-refractivity contribution in [1.29, 1.82) is 0 Å². The van der Waals surface area contributed by atoms with Crippen molar-refractivity contribution in [1.82, 2.24) is 10.6 Å². The number of benzene rings is 1. The van der Waals surface area contributed by atoms with E-state index in [0.717, 1.165) is 42.4 Å². The van der Waals surface area contributed by atoms with Crippen LogP contribution in [0.1, 0.15) is 12.0 Å². The smallest absolute Gasteiger partial charge is 0.123 e. The lowest BCUT2D eigenvalue weighted by Gasteiger charge is -2.10. The van der Waals surface area contributed by atoms with Gasteiger partial charge in [0, 0.05) is 17.1 Å². The van der Waals surface area contributed by atoms with Gasteiger partial charge in [-0.2, -0.15) is 0 Å². The second kappa shape index (κ2) is 11.9. The van der Waals surface area contributed by atoms with Crippen LogP contribution in [0.25, 0.3) is 0 Å². The quantitative estimate of drug-likeness (QED) is 0.759. The maximum absolute atomic E-state index is 5.94. The molecule has 106 valence electrons. The van der Waals surface area contributed by atoms with Crippen LogP contribution in [0.4, 0.5) is 0 Å². The van der Waals surface area contributed by atoms with Gasteiger partial charge in [0.25, 0.3) is 0 Å². The molecule has 0 spiro atoms. The first kappa shape index (κ1) is 20.1. The van der Waals surface area contributed by atoms with Crippen LogP contribution in [0.15, 0.2) is 18.2 Å². The van der Waals surface area contributed by atoms with Crippen LogP contribution in [-0.4, -0.2) is 27.2 Å². The lowest BCUT2D eigenvalue weighted by molar-refractivity contribution is 0.407. The minimum atomic E-state index is 0. The molecule has 0 aliphatic rings. The zero-order chi connectivity index (χ0) is 11.8. The highest BCUT2D eigenvalue weighted by Crippen LogP contribution is 2.22. The van der Waals surface area contributed by atoms with E-state index >= 15 is 0 Å². The Morgan fingerprint density at radius 1 is 1.22 bits per heavy atom. The van der Waals surface area contributed by atoms with E-state index in [0.29, 0.717) is 0 Å². The molecule has 0 aliphatic carbocycles. The first-order chi connectivity index (χ1) is 7.77. The molecule has 0 unspecified atom stereocenters. The standard InChI is InChI=1S/C12H19ClN2O.2ClH/c1-14-6-3-7-15-9-10-8-11(13)4-5-12(10)16-2;;/h4-5,8,14-15H,3,6-7,9H2,1-2H3;2*1H. The summed E-state index contributed by atoms with van der Waals surface area (Å²) in [6.45, 7) is 2.80. The monoisotopic (exact) mass is 314 g/mol. The Balaban J connectivity index is 0. The fourth-order valence-corrected chi connectivity index (χ4v) is 1.69. The zero-order valence-corrected chi connectivity index (χ0v) is 13.1. The maximum Gasteiger partial charge on any atom is 0.123 e. The van der Waals surface area contributed by atoms with E-state index in [2.05, 4.69) is 10.6 Å². The SMILES string of the molecule is CNCCCNCc1cc(Cl)ccc1OC.Cl.Cl. The first-order valence-electron chi connectivity index (χ1n) is 5.45. The normalized spacial score (nSPS) is 9.28. The van der Waals surface area contributed by atoms with E-state index < -0.39 is 0 Å². The Morgan fingerprint density at radius 2 is 1.94 bits per heavy atom. The molecule has 3 nitrogen and oxygen atoms in total. The Kier molecular flexibility index (Phi) is 13.3. The molecule has 0 amide bonds. The second-order valence-electron chi connectivity index (χ2n) is 3.59. The Labute approximate surface area is 126 Å². The van der Waals surface area contributed by atoms with Crippen LogP contribution in [0.2, 0.25) is 5.02 Å². The molecule has 0 saturated carbocycles. The number of hydrogen-bond donors (Lipinski definition) is 2.